The standard InChI is InChI=1S/C22H28N2S/c1-5-9-20(23)24-21(10-6-2)25-15-18-14-13-17-11-7-8-12-19(17)22(18)16(3)4/h7-8,11-14,23H,3,5-6,9-10,15H2,1-2,4H3. The fraction of sp³-hybridized carbons (Fsp3) is 0.364. The van der Waals surface area contributed by atoms with Gasteiger partial charge in [-0.1, -0.05) is 68.8 Å². The second-order valence-corrected chi connectivity index (χ2v) is 7.39. The largest absolute Gasteiger partial charge is 0.287 e. The Labute approximate surface area is 156 Å². The van der Waals surface area contributed by atoms with E-state index < -0.39 is 0 Å². The number of benzene rings is 2. The molecule has 0 saturated carbocycles. The fourth-order valence-corrected chi connectivity index (χ4v) is 4.01. The maximum Gasteiger partial charge on any atom is 0.121 e. The van der Waals surface area contributed by atoms with Crippen molar-refractivity contribution in [2.75, 3.05) is 0 Å². The zero-order valence-electron chi connectivity index (χ0n) is 15.6. The summed E-state index contributed by atoms with van der Waals surface area (Å²) < 4.78 is 0. The summed E-state index contributed by atoms with van der Waals surface area (Å²) in [5, 5.41) is 11.6. The van der Waals surface area contributed by atoms with E-state index in [0.717, 1.165) is 42.1 Å². The van der Waals surface area contributed by atoms with Gasteiger partial charge in [-0.25, -0.2) is 4.99 Å². The molecule has 0 unspecified atom stereocenters. The zero-order valence-corrected chi connectivity index (χ0v) is 16.4. The van der Waals surface area contributed by atoms with Crippen molar-refractivity contribution in [3.05, 3.63) is 54.1 Å². The molecule has 2 rings (SSSR count). The Hall–Kier alpha value is -1.87. The number of rotatable bonds is 7. The van der Waals surface area contributed by atoms with Gasteiger partial charge in [0, 0.05) is 12.2 Å². The van der Waals surface area contributed by atoms with Crippen LogP contribution in [0.25, 0.3) is 16.3 Å². The molecule has 3 heteroatoms. The number of thioether (sulfide) groups is 1. The van der Waals surface area contributed by atoms with Crippen LogP contribution in [0.1, 0.15) is 57.6 Å². The van der Waals surface area contributed by atoms with Gasteiger partial charge in [-0.2, -0.15) is 0 Å². The number of aliphatic imine (C=N–C) groups is 1. The van der Waals surface area contributed by atoms with E-state index in [1.807, 2.05) is 0 Å². The minimum Gasteiger partial charge on any atom is -0.287 e. The van der Waals surface area contributed by atoms with E-state index in [0.29, 0.717) is 5.84 Å². The van der Waals surface area contributed by atoms with Gasteiger partial charge < -0.3 is 0 Å². The van der Waals surface area contributed by atoms with Gasteiger partial charge in [-0.05, 0) is 41.7 Å². The summed E-state index contributed by atoms with van der Waals surface area (Å²) in [6, 6.07) is 12.9. The predicted octanol–water partition coefficient (Wildman–Crippen LogP) is 7.08. The molecule has 132 valence electrons. The number of nitrogens with zero attached hydrogens (tertiary/aromatic N) is 1. The Balaban J connectivity index is 2.28. The zero-order chi connectivity index (χ0) is 18.2. The third kappa shape index (κ3) is 5.30. The van der Waals surface area contributed by atoms with Crippen LogP contribution < -0.4 is 0 Å². The lowest BCUT2D eigenvalue weighted by molar-refractivity contribution is 0.970. The number of fused-ring (bicyclic) bond motifs is 1. The van der Waals surface area contributed by atoms with Crippen LogP contribution in [0.15, 0.2) is 48.0 Å². The average molecular weight is 353 g/mol. The van der Waals surface area contributed by atoms with Gasteiger partial charge in [0.25, 0.3) is 0 Å². The Morgan fingerprint density at radius 2 is 1.80 bits per heavy atom. The summed E-state index contributed by atoms with van der Waals surface area (Å²) in [4.78, 5) is 4.55. The monoisotopic (exact) mass is 352 g/mol. The summed E-state index contributed by atoms with van der Waals surface area (Å²) >= 11 is 1.76. The molecule has 0 bridgehead atoms. The van der Waals surface area contributed by atoms with Crippen molar-refractivity contribution >= 4 is 39.0 Å². The van der Waals surface area contributed by atoms with Crippen LogP contribution in [0, 0.1) is 5.41 Å². The molecule has 0 aliphatic heterocycles. The van der Waals surface area contributed by atoms with Gasteiger partial charge >= 0.3 is 0 Å². The lowest BCUT2D eigenvalue weighted by Crippen LogP contribution is -2.01. The number of nitrogens with one attached hydrogen (secondary N) is 1. The molecule has 2 aromatic rings. The fourth-order valence-electron chi connectivity index (χ4n) is 2.92. The first-order valence-electron chi connectivity index (χ1n) is 9.01. The molecule has 2 nitrogen and oxygen atoms in total. The molecule has 25 heavy (non-hydrogen) atoms. The Kier molecular flexibility index (Phi) is 7.45. The maximum absolute atomic E-state index is 7.98. The van der Waals surface area contributed by atoms with Crippen LogP contribution >= 0.6 is 11.8 Å². The van der Waals surface area contributed by atoms with Crippen molar-refractivity contribution in [3.63, 3.8) is 0 Å². The van der Waals surface area contributed by atoms with Crippen LogP contribution in [-0.4, -0.2) is 10.9 Å². The van der Waals surface area contributed by atoms with Crippen LogP contribution in [0.4, 0.5) is 0 Å². The third-order valence-corrected chi connectivity index (χ3v) is 5.13. The normalized spacial score (nSPS) is 11.7. The number of amidine groups is 1. The van der Waals surface area contributed by atoms with Crippen LogP contribution in [0.2, 0.25) is 0 Å². The van der Waals surface area contributed by atoms with Crippen LogP contribution in [0.5, 0.6) is 0 Å². The Morgan fingerprint density at radius 3 is 2.48 bits per heavy atom. The van der Waals surface area contributed by atoms with E-state index in [1.54, 1.807) is 11.8 Å². The van der Waals surface area contributed by atoms with Crippen molar-refractivity contribution in [2.45, 2.75) is 52.2 Å². The number of allylic oxidation sites excluding steroid dienone is 1. The second-order valence-electron chi connectivity index (χ2n) is 6.34. The van der Waals surface area contributed by atoms with E-state index in [4.69, 9.17) is 5.41 Å². The lowest BCUT2D eigenvalue weighted by atomic mass is 9.95. The van der Waals surface area contributed by atoms with Gasteiger partial charge in [-0.15, -0.1) is 11.8 Å². The topological polar surface area (TPSA) is 36.2 Å². The van der Waals surface area contributed by atoms with Gasteiger partial charge in [0.05, 0.1) is 5.04 Å². The van der Waals surface area contributed by atoms with Crippen molar-refractivity contribution in [2.24, 2.45) is 4.99 Å². The van der Waals surface area contributed by atoms with E-state index >= 15 is 0 Å². The van der Waals surface area contributed by atoms with Crippen LogP contribution in [-0.2, 0) is 5.75 Å². The molecular weight excluding hydrogens is 324 g/mol. The van der Waals surface area contributed by atoms with Crippen LogP contribution in [0.3, 0.4) is 0 Å². The second kappa shape index (κ2) is 9.57. The molecule has 0 radical (unpaired) electrons. The highest BCUT2D eigenvalue weighted by molar-refractivity contribution is 8.13. The minimum absolute atomic E-state index is 0.497. The molecule has 0 amide bonds. The highest BCUT2D eigenvalue weighted by Crippen LogP contribution is 2.31. The average Bonchev–Trinajstić information content (AvgIpc) is 2.59. The molecule has 0 saturated heterocycles. The van der Waals surface area contributed by atoms with Crippen molar-refractivity contribution in [1.82, 2.24) is 0 Å². The third-order valence-electron chi connectivity index (χ3n) is 4.05. The van der Waals surface area contributed by atoms with Crippen molar-refractivity contribution < 1.29 is 0 Å². The van der Waals surface area contributed by atoms with E-state index in [9.17, 15) is 0 Å². The van der Waals surface area contributed by atoms with Crippen molar-refractivity contribution in [1.29, 1.82) is 5.41 Å². The molecule has 2 aromatic carbocycles. The molecular formula is C22H28N2S. The first kappa shape index (κ1) is 19.5. The van der Waals surface area contributed by atoms with Crippen molar-refractivity contribution in [3.8, 4) is 0 Å². The molecule has 0 fully saturated rings. The first-order valence-corrected chi connectivity index (χ1v) is 9.99. The van der Waals surface area contributed by atoms with Gasteiger partial charge in [-0.3, -0.25) is 5.41 Å². The molecule has 0 aliphatic rings. The predicted molar refractivity (Wildman–Crippen MR) is 115 cm³/mol. The minimum atomic E-state index is 0.497. The highest BCUT2D eigenvalue weighted by Gasteiger charge is 2.10. The lowest BCUT2D eigenvalue weighted by Gasteiger charge is -2.14. The highest BCUT2D eigenvalue weighted by atomic mass is 32.2. The van der Waals surface area contributed by atoms with Gasteiger partial charge in [0.15, 0.2) is 0 Å². The summed E-state index contributed by atoms with van der Waals surface area (Å²) in [7, 11) is 0. The molecule has 0 heterocycles. The Bertz CT molecular complexity index is 790. The maximum atomic E-state index is 7.98. The molecule has 0 aliphatic carbocycles. The van der Waals surface area contributed by atoms with E-state index in [1.165, 1.54) is 21.9 Å². The van der Waals surface area contributed by atoms with Gasteiger partial charge in [0.1, 0.15) is 5.84 Å². The summed E-state index contributed by atoms with van der Waals surface area (Å²) in [5.74, 6) is 1.36. The SMILES string of the molecule is C=C(C)c1c(CSC(CCC)=NC(=N)CCC)ccc2ccccc12. The summed E-state index contributed by atoms with van der Waals surface area (Å²) in [6.45, 7) is 10.5. The quantitative estimate of drug-likeness (QED) is 0.419. The molecule has 0 atom stereocenters. The Morgan fingerprint density at radius 1 is 1.08 bits per heavy atom. The van der Waals surface area contributed by atoms with E-state index in [-0.39, 0.29) is 0 Å². The summed E-state index contributed by atoms with van der Waals surface area (Å²) in [6.07, 6.45) is 3.71. The summed E-state index contributed by atoms with van der Waals surface area (Å²) in [5.41, 5.74) is 3.65. The smallest absolute Gasteiger partial charge is 0.121 e. The molecule has 0 spiro atoms. The van der Waals surface area contributed by atoms with Gasteiger partial charge in [0.2, 0.25) is 0 Å². The first-order chi connectivity index (χ1) is 12.1. The number of hydrogen-bond donors (Lipinski definition) is 1. The molecule has 1 N–H and O–H groups in total. The van der Waals surface area contributed by atoms with E-state index in [2.05, 4.69) is 68.7 Å². The number of hydrogen-bond acceptors (Lipinski definition) is 2. The molecule has 0 aromatic heterocycles.